The van der Waals surface area contributed by atoms with E-state index in [2.05, 4.69) is 15.9 Å². The van der Waals surface area contributed by atoms with Crippen LogP contribution in [0.15, 0.2) is 0 Å². The van der Waals surface area contributed by atoms with Gasteiger partial charge in [-0.1, -0.05) is 15.9 Å². The molecule has 0 spiro atoms. The number of hydrogen-bond acceptors (Lipinski definition) is 2. The first kappa shape index (κ1) is 7.91. The van der Waals surface area contributed by atoms with Gasteiger partial charge in [-0.2, -0.15) is 0 Å². The molecule has 0 radical (unpaired) electrons. The van der Waals surface area contributed by atoms with Crippen molar-refractivity contribution in [1.82, 2.24) is 0 Å². The van der Waals surface area contributed by atoms with E-state index in [1.54, 1.807) is 0 Å². The molecule has 0 heterocycles. The van der Waals surface area contributed by atoms with Gasteiger partial charge in [-0.3, -0.25) is 4.79 Å². The third-order valence-electron chi connectivity index (χ3n) is 0.766. The maximum Gasteiger partial charge on any atom is 0.324 e. The van der Waals surface area contributed by atoms with Crippen molar-refractivity contribution in [2.45, 2.75) is 12.5 Å². The second-order valence-electron chi connectivity index (χ2n) is 1.86. The Balaban J connectivity index is 3.91. The summed E-state index contributed by atoms with van der Waals surface area (Å²) >= 11 is 2.97. The molecule has 0 amide bonds. The summed E-state index contributed by atoms with van der Waals surface area (Å²) in [5.41, 5.74) is 4.09. The van der Waals surface area contributed by atoms with Crippen LogP contribution < -0.4 is 5.73 Å². The van der Waals surface area contributed by atoms with Crippen LogP contribution in [0.3, 0.4) is 0 Å². The summed E-state index contributed by atoms with van der Waals surface area (Å²) in [6.07, 6.45) is 0. The molecule has 0 aromatic heterocycles. The lowest BCUT2D eigenvalue weighted by molar-refractivity contribution is -0.141. The smallest absolute Gasteiger partial charge is 0.324 e. The highest BCUT2D eigenvalue weighted by Crippen LogP contribution is 2.02. The molecule has 48 valence electrons. The Kier molecular flexibility index (Phi) is 2.43. The zero-order valence-corrected chi connectivity index (χ0v) is 6.10. The zero-order chi connectivity index (χ0) is 6.78. The second-order valence-corrected chi connectivity index (χ2v) is 2.42. The van der Waals surface area contributed by atoms with E-state index >= 15 is 0 Å². The molecule has 0 aliphatic heterocycles. The number of halogens is 1. The van der Waals surface area contributed by atoms with Crippen LogP contribution in [0.2, 0.25) is 0 Å². The normalized spacial score (nSPS) is 17.4. The molecule has 4 heteroatoms. The summed E-state index contributed by atoms with van der Waals surface area (Å²) in [6, 6.07) is 0. The maximum atomic E-state index is 10.1. The SMILES string of the molecule is C[C@](N)(CBr)C(=O)O. The molecule has 0 unspecified atom stereocenters. The van der Waals surface area contributed by atoms with E-state index in [4.69, 9.17) is 10.8 Å². The predicted molar refractivity (Wildman–Crippen MR) is 34.0 cm³/mol. The van der Waals surface area contributed by atoms with Gasteiger partial charge in [-0.05, 0) is 6.92 Å². The van der Waals surface area contributed by atoms with Gasteiger partial charge in [0.1, 0.15) is 5.54 Å². The lowest BCUT2D eigenvalue weighted by Gasteiger charge is -2.13. The van der Waals surface area contributed by atoms with Crippen molar-refractivity contribution in [3.8, 4) is 0 Å². The molecule has 0 bridgehead atoms. The van der Waals surface area contributed by atoms with Crippen molar-refractivity contribution < 1.29 is 9.90 Å². The van der Waals surface area contributed by atoms with Crippen molar-refractivity contribution in [3.63, 3.8) is 0 Å². The van der Waals surface area contributed by atoms with Crippen molar-refractivity contribution in [1.29, 1.82) is 0 Å². The van der Waals surface area contributed by atoms with Crippen LogP contribution in [-0.2, 0) is 4.79 Å². The average molecular weight is 182 g/mol. The molecule has 0 saturated heterocycles. The number of carboxylic acids is 1. The molecular formula is C4H8BrNO2. The first-order chi connectivity index (χ1) is 3.50. The number of nitrogens with two attached hydrogens (primary N) is 1. The fourth-order valence-corrected chi connectivity index (χ4v) is 0.297. The van der Waals surface area contributed by atoms with Crippen molar-refractivity contribution >= 4 is 21.9 Å². The molecule has 0 aromatic rings. The van der Waals surface area contributed by atoms with Crippen LogP contribution in [-0.4, -0.2) is 21.9 Å². The number of carboxylic acid groups (broad SMARTS) is 1. The van der Waals surface area contributed by atoms with Gasteiger partial charge >= 0.3 is 5.97 Å². The standard InChI is InChI=1S/C4H8BrNO2/c1-4(6,2-5)3(7)8/h2,6H2,1H3,(H,7,8)/t4-/m0/s1. The minimum absolute atomic E-state index is 0.273. The highest BCUT2D eigenvalue weighted by molar-refractivity contribution is 9.09. The maximum absolute atomic E-state index is 10.1. The van der Waals surface area contributed by atoms with Gasteiger partial charge in [0.15, 0.2) is 0 Å². The van der Waals surface area contributed by atoms with Crippen LogP contribution in [0.4, 0.5) is 0 Å². The van der Waals surface area contributed by atoms with Gasteiger partial charge in [-0.15, -0.1) is 0 Å². The Labute approximate surface area is 56.0 Å². The largest absolute Gasteiger partial charge is 0.480 e. The molecule has 0 aliphatic rings. The summed E-state index contributed by atoms with van der Waals surface area (Å²) < 4.78 is 0. The molecule has 0 fully saturated rings. The van der Waals surface area contributed by atoms with Crippen molar-refractivity contribution in [2.75, 3.05) is 5.33 Å². The van der Waals surface area contributed by atoms with E-state index < -0.39 is 11.5 Å². The Hall–Kier alpha value is -0.0900. The number of hydrogen-bond donors (Lipinski definition) is 2. The molecule has 1 atom stereocenters. The van der Waals surface area contributed by atoms with E-state index in [1.807, 2.05) is 0 Å². The third kappa shape index (κ3) is 1.79. The van der Waals surface area contributed by atoms with E-state index in [1.165, 1.54) is 6.92 Å². The van der Waals surface area contributed by atoms with E-state index in [-0.39, 0.29) is 5.33 Å². The van der Waals surface area contributed by atoms with Gasteiger partial charge in [0.25, 0.3) is 0 Å². The predicted octanol–water partition coefficient (Wildman–Crippen LogP) is 0.183. The van der Waals surface area contributed by atoms with Gasteiger partial charge < -0.3 is 10.8 Å². The first-order valence-electron chi connectivity index (χ1n) is 2.09. The highest BCUT2D eigenvalue weighted by atomic mass is 79.9. The average Bonchev–Trinajstić information content (AvgIpc) is 1.67. The van der Waals surface area contributed by atoms with Crippen LogP contribution in [0.25, 0.3) is 0 Å². The fourth-order valence-electron chi connectivity index (χ4n) is 0.0572. The number of carbonyl (C=O) groups is 1. The topological polar surface area (TPSA) is 63.3 Å². The summed E-state index contributed by atoms with van der Waals surface area (Å²) in [5, 5.41) is 8.56. The minimum atomic E-state index is -1.12. The summed E-state index contributed by atoms with van der Waals surface area (Å²) in [4.78, 5) is 10.1. The van der Waals surface area contributed by atoms with Gasteiger partial charge in [-0.25, -0.2) is 0 Å². The van der Waals surface area contributed by atoms with Crippen LogP contribution in [0.1, 0.15) is 6.92 Å². The Morgan fingerprint density at radius 1 is 2.00 bits per heavy atom. The number of alkyl halides is 1. The van der Waals surface area contributed by atoms with Crippen molar-refractivity contribution in [2.24, 2.45) is 5.73 Å². The van der Waals surface area contributed by atoms with Gasteiger partial charge in [0, 0.05) is 5.33 Å². The molecule has 0 rings (SSSR count). The zero-order valence-electron chi connectivity index (χ0n) is 4.52. The van der Waals surface area contributed by atoms with E-state index in [9.17, 15) is 4.79 Å². The minimum Gasteiger partial charge on any atom is -0.480 e. The quantitative estimate of drug-likeness (QED) is 0.599. The van der Waals surface area contributed by atoms with Crippen LogP contribution >= 0.6 is 15.9 Å². The van der Waals surface area contributed by atoms with E-state index in [0.717, 1.165) is 0 Å². The lowest BCUT2D eigenvalue weighted by atomic mass is 10.1. The van der Waals surface area contributed by atoms with Gasteiger partial charge in [0.2, 0.25) is 0 Å². The molecular weight excluding hydrogens is 174 g/mol. The molecule has 3 nitrogen and oxygen atoms in total. The summed E-state index contributed by atoms with van der Waals surface area (Å²) in [5.74, 6) is -0.991. The summed E-state index contributed by atoms with van der Waals surface area (Å²) in [6.45, 7) is 1.45. The third-order valence-corrected chi connectivity index (χ3v) is 1.93. The molecule has 0 saturated carbocycles. The molecule has 3 N–H and O–H groups in total. The Morgan fingerprint density at radius 2 is 2.38 bits per heavy atom. The van der Waals surface area contributed by atoms with E-state index in [0.29, 0.717) is 0 Å². The molecule has 0 aromatic carbocycles. The number of aliphatic carboxylic acids is 1. The lowest BCUT2D eigenvalue weighted by Crippen LogP contribution is -2.46. The second kappa shape index (κ2) is 2.46. The Morgan fingerprint density at radius 3 is 2.38 bits per heavy atom. The molecule has 0 aliphatic carbocycles. The first-order valence-corrected chi connectivity index (χ1v) is 3.21. The fraction of sp³-hybridized carbons (Fsp3) is 0.750. The monoisotopic (exact) mass is 181 g/mol. The van der Waals surface area contributed by atoms with Crippen LogP contribution in [0.5, 0.6) is 0 Å². The highest BCUT2D eigenvalue weighted by Gasteiger charge is 2.25. The molecule has 8 heavy (non-hydrogen) atoms. The summed E-state index contributed by atoms with van der Waals surface area (Å²) in [7, 11) is 0. The van der Waals surface area contributed by atoms with Crippen molar-refractivity contribution in [3.05, 3.63) is 0 Å². The van der Waals surface area contributed by atoms with Crippen LogP contribution in [0, 0.1) is 0 Å². The van der Waals surface area contributed by atoms with Gasteiger partial charge in [0.05, 0.1) is 0 Å². The number of rotatable bonds is 2. The Bertz CT molecular complexity index is 102.